The zero-order chi connectivity index (χ0) is 19.6. The molecule has 1 N–H and O–H groups in total. The molecule has 0 aliphatic heterocycles. The quantitative estimate of drug-likeness (QED) is 0.702. The van der Waals surface area contributed by atoms with E-state index < -0.39 is 9.84 Å². The molecule has 0 saturated heterocycles. The second kappa shape index (κ2) is 7.62. The van der Waals surface area contributed by atoms with Crippen LogP contribution in [-0.4, -0.2) is 25.6 Å². The SMILES string of the molecule is Cc1ccc(C)c(-c2csc(NC(=O)Cc3ccc(S(C)(=O)=O)cc3)n2)c1. The highest BCUT2D eigenvalue weighted by molar-refractivity contribution is 7.90. The molecule has 0 bridgehead atoms. The number of nitrogens with zero attached hydrogens (tertiary/aromatic N) is 1. The van der Waals surface area contributed by atoms with Crippen molar-refractivity contribution in [1.29, 1.82) is 0 Å². The van der Waals surface area contributed by atoms with E-state index in [-0.39, 0.29) is 17.2 Å². The number of hydrogen-bond donors (Lipinski definition) is 1. The van der Waals surface area contributed by atoms with Crippen LogP contribution in [0.3, 0.4) is 0 Å². The van der Waals surface area contributed by atoms with E-state index in [4.69, 9.17) is 0 Å². The summed E-state index contributed by atoms with van der Waals surface area (Å²) >= 11 is 1.38. The average Bonchev–Trinajstić information content (AvgIpc) is 3.04. The molecule has 0 aliphatic rings. The lowest BCUT2D eigenvalue weighted by molar-refractivity contribution is -0.115. The summed E-state index contributed by atoms with van der Waals surface area (Å²) in [5.41, 5.74) is 4.93. The van der Waals surface area contributed by atoms with Crippen LogP contribution in [0.15, 0.2) is 52.7 Å². The van der Waals surface area contributed by atoms with Gasteiger partial charge in [-0.25, -0.2) is 13.4 Å². The van der Waals surface area contributed by atoms with Crippen molar-refractivity contribution in [2.45, 2.75) is 25.2 Å². The second-order valence-corrected chi connectivity index (χ2v) is 9.37. The monoisotopic (exact) mass is 400 g/mol. The molecule has 0 unspecified atom stereocenters. The van der Waals surface area contributed by atoms with Crippen molar-refractivity contribution < 1.29 is 13.2 Å². The number of hydrogen-bond acceptors (Lipinski definition) is 5. The van der Waals surface area contributed by atoms with Gasteiger partial charge in [0.05, 0.1) is 17.0 Å². The number of aryl methyl sites for hydroxylation is 2. The predicted molar refractivity (Wildman–Crippen MR) is 109 cm³/mol. The standard InChI is InChI=1S/C20H20N2O3S2/c1-13-4-5-14(2)17(10-13)18-12-26-20(21-18)22-19(23)11-15-6-8-16(9-7-15)27(3,24)25/h4-10,12H,11H2,1-3H3,(H,21,22,23). The highest BCUT2D eigenvalue weighted by atomic mass is 32.2. The molecule has 0 saturated carbocycles. The molecule has 3 aromatic rings. The van der Waals surface area contributed by atoms with E-state index in [0.717, 1.165) is 34.2 Å². The third-order valence-electron chi connectivity index (χ3n) is 4.14. The van der Waals surface area contributed by atoms with Gasteiger partial charge >= 0.3 is 0 Å². The summed E-state index contributed by atoms with van der Waals surface area (Å²) in [5.74, 6) is -0.191. The Bertz CT molecular complexity index is 1080. The van der Waals surface area contributed by atoms with E-state index in [1.807, 2.05) is 19.2 Å². The van der Waals surface area contributed by atoms with Crippen LogP contribution in [0.2, 0.25) is 0 Å². The van der Waals surface area contributed by atoms with Crippen LogP contribution in [0.25, 0.3) is 11.3 Å². The van der Waals surface area contributed by atoms with Crippen LogP contribution in [0, 0.1) is 13.8 Å². The predicted octanol–water partition coefficient (Wildman–Crippen LogP) is 4.01. The Hall–Kier alpha value is -2.51. The smallest absolute Gasteiger partial charge is 0.230 e. The van der Waals surface area contributed by atoms with Crippen LogP contribution >= 0.6 is 11.3 Å². The minimum Gasteiger partial charge on any atom is -0.302 e. The van der Waals surface area contributed by atoms with Crippen molar-refractivity contribution in [3.63, 3.8) is 0 Å². The van der Waals surface area contributed by atoms with Gasteiger partial charge in [-0.3, -0.25) is 4.79 Å². The molecule has 1 heterocycles. The highest BCUT2D eigenvalue weighted by Crippen LogP contribution is 2.28. The third-order valence-corrected chi connectivity index (χ3v) is 6.02. The first-order valence-electron chi connectivity index (χ1n) is 8.34. The van der Waals surface area contributed by atoms with Crippen LogP contribution in [0.4, 0.5) is 5.13 Å². The summed E-state index contributed by atoms with van der Waals surface area (Å²) in [6.45, 7) is 4.07. The van der Waals surface area contributed by atoms with Crippen LogP contribution < -0.4 is 5.32 Å². The molecule has 7 heteroatoms. The number of aromatic nitrogens is 1. The zero-order valence-corrected chi connectivity index (χ0v) is 16.9. The van der Waals surface area contributed by atoms with E-state index in [2.05, 4.69) is 28.5 Å². The number of rotatable bonds is 5. The van der Waals surface area contributed by atoms with Gasteiger partial charge < -0.3 is 5.32 Å². The summed E-state index contributed by atoms with van der Waals surface area (Å²) in [4.78, 5) is 17.0. The molecule has 0 atom stereocenters. The number of thiazole rings is 1. The van der Waals surface area contributed by atoms with Crippen LogP contribution in [-0.2, 0) is 21.1 Å². The molecule has 0 aliphatic carbocycles. The van der Waals surface area contributed by atoms with Crippen molar-refractivity contribution in [3.8, 4) is 11.3 Å². The minimum atomic E-state index is -3.24. The number of sulfone groups is 1. The number of nitrogens with one attached hydrogen (secondary N) is 1. The topological polar surface area (TPSA) is 76.1 Å². The Labute approximate surface area is 163 Å². The van der Waals surface area contributed by atoms with Gasteiger partial charge in [0.1, 0.15) is 0 Å². The van der Waals surface area contributed by atoms with Crippen LogP contribution in [0.1, 0.15) is 16.7 Å². The van der Waals surface area contributed by atoms with Gasteiger partial charge in [0.25, 0.3) is 0 Å². The number of anilines is 1. The Kier molecular flexibility index (Phi) is 5.43. The molecule has 2 aromatic carbocycles. The molecule has 5 nitrogen and oxygen atoms in total. The van der Waals surface area contributed by atoms with E-state index in [1.165, 1.54) is 23.5 Å². The number of amides is 1. The number of benzene rings is 2. The minimum absolute atomic E-state index is 0.155. The van der Waals surface area contributed by atoms with Gasteiger partial charge in [-0.05, 0) is 43.2 Å². The van der Waals surface area contributed by atoms with Crippen molar-refractivity contribution in [2.24, 2.45) is 0 Å². The highest BCUT2D eigenvalue weighted by Gasteiger charge is 2.12. The molecule has 0 fully saturated rings. The summed E-state index contributed by atoms with van der Waals surface area (Å²) < 4.78 is 23.0. The first kappa shape index (κ1) is 19.3. The third kappa shape index (κ3) is 4.81. The van der Waals surface area contributed by atoms with Crippen molar-refractivity contribution in [3.05, 3.63) is 64.5 Å². The molecular formula is C20H20N2O3S2. The summed E-state index contributed by atoms with van der Waals surface area (Å²) in [7, 11) is -3.24. The van der Waals surface area contributed by atoms with Crippen molar-refractivity contribution in [1.82, 2.24) is 4.98 Å². The molecule has 0 radical (unpaired) electrons. The lowest BCUT2D eigenvalue weighted by Gasteiger charge is -2.05. The first-order valence-corrected chi connectivity index (χ1v) is 11.1. The van der Waals surface area contributed by atoms with Gasteiger partial charge in [0, 0.05) is 17.2 Å². The maximum atomic E-state index is 12.3. The fourth-order valence-corrected chi connectivity index (χ4v) is 4.03. The lowest BCUT2D eigenvalue weighted by atomic mass is 10.0. The van der Waals surface area contributed by atoms with Gasteiger partial charge in [-0.15, -0.1) is 11.3 Å². The Morgan fingerprint density at radius 2 is 1.81 bits per heavy atom. The van der Waals surface area contributed by atoms with Crippen molar-refractivity contribution >= 4 is 32.2 Å². The maximum absolute atomic E-state index is 12.3. The summed E-state index contributed by atoms with van der Waals surface area (Å²) in [6.07, 6.45) is 1.31. The average molecular weight is 401 g/mol. The van der Waals surface area contributed by atoms with E-state index >= 15 is 0 Å². The van der Waals surface area contributed by atoms with Gasteiger partial charge in [0.15, 0.2) is 15.0 Å². The Balaban J connectivity index is 1.68. The van der Waals surface area contributed by atoms with E-state index in [0.29, 0.717) is 5.13 Å². The Morgan fingerprint density at radius 1 is 1.11 bits per heavy atom. The molecule has 140 valence electrons. The largest absolute Gasteiger partial charge is 0.302 e. The maximum Gasteiger partial charge on any atom is 0.230 e. The van der Waals surface area contributed by atoms with E-state index in [1.54, 1.807) is 12.1 Å². The number of carbonyl (C=O) groups is 1. The summed E-state index contributed by atoms with van der Waals surface area (Å²) in [6, 6.07) is 12.5. The fraction of sp³-hybridized carbons (Fsp3) is 0.200. The van der Waals surface area contributed by atoms with Gasteiger partial charge in [-0.1, -0.05) is 29.8 Å². The molecule has 1 aromatic heterocycles. The van der Waals surface area contributed by atoms with E-state index in [9.17, 15) is 13.2 Å². The first-order chi connectivity index (χ1) is 12.7. The molecule has 27 heavy (non-hydrogen) atoms. The number of carbonyl (C=O) groups excluding carboxylic acids is 1. The van der Waals surface area contributed by atoms with Crippen molar-refractivity contribution in [2.75, 3.05) is 11.6 Å². The van der Waals surface area contributed by atoms with Crippen LogP contribution in [0.5, 0.6) is 0 Å². The van der Waals surface area contributed by atoms with Gasteiger partial charge in [0.2, 0.25) is 5.91 Å². The fourth-order valence-electron chi connectivity index (χ4n) is 2.67. The summed E-state index contributed by atoms with van der Waals surface area (Å²) in [5, 5.41) is 5.28. The molecule has 1 amide bonds. The molecule has 0 spiro atoms. The molecular weight excluding hydrogens is 380 g/mol. The lowest BCUT2D eigenvalue weighted by Crippen LogP contribution is -2.14. The normalized spacial score (nSPS) is 11.4. The second-order valence-electron chi connectivity index (χ2n) is 6.50. The molecule has 3 rings (SSSR count). The zero-order valence-electron chi connectivity index (χ0n) is 15.3. The van der Waals surface area contributed by atoms with Gasteiger partial charge in [-0.2, -0.15) is 0 Å². The Morgan fingerprint density at radius 3 is 2.48 bits per heavy atom.